The standard InChI is InChI=1S/C24H23F3N6O2/c1-13-21-16(22(32(3)30-21)18-12-19(24(25,26)27)29-31(18)2)9-10-33(13)23(34)15-5-7-17-14(11-15)6-8-20(28-17)35-4/h5-8,11-13H,9-10H2,1-4H3/t13-/m0/s1. The maximum absolute atomic E-state index is 13.4. The lowest BCUT2D eigenvalue weighted by molar-refractivity contribution is -0.141. The molecule has 1 amide bonds. The van der Waals surface area contributed by atoms with Crippen LogP contribution in [0.25, 0.3) is 22.3 Å². The molecule has 5 rings (SSSR count). The highest BCUT2D eigenvalue weighted by atomic mass is 19.4. The maximum atomic E-state index is 13.4. The number of rotatable bonds is 3. The molecule has 0 unspecified atom stereocenters. The van der Waals surface area contributed by atoms with Gasteiger partial charge in [0.05, 0.1) is 35.8 Å². The summed E-state index contributed by atoms with van der Waals surface area (Å²) in [6.07, 6.45) is -4.07. The van der Waals surface area contributed by atoms with Gasteiger partial charge in [0.15, 0.2) is 5.69 Å². The molecule has 0 aliphatic carbocycles. The SMILES string of the molecule is COc1ccc2cc(C(=O)N3CCc4c(nn(C)c4-c4cc(C(F)(F)F)nn4C)[C@@H]3C)ccc2n1. The van der Waals surface area contributed by atoms with E-state index < -0.39 is 11.9 Å². The van der Waals surface area contributed by atoms with E-state index in [1.807, 2.05) is 13.0 Å². The third kappa shape index (κ3) is 3.80. The fourth-order valence-corrected chi connectivity index (χ4v) is 4.69. The molecule has 1 aliphatic heterocycles. The number of aromatic nitrogens is 5. The quantitative estimate of drug-likeness (QED) is 0.437. The summed E-state index contributed by atoms with van der Waals surface area (Å²) in [6.45, 7) is 2.29. The first kappa shape index (κ1) is 22.9. The summed E-state index contributed by atoms with van der Waals surface area (Å²) in [5.74, 6) is 0.350. The number of pyridine rings is 1. The minimum atomic E-state index is -4.54. The smallest absolute Gasteiger partial charge is 0.435 e. The highest BCUT2D eigenvalue weighted by Gasteiger charge is 2.37. The van der Waals surface area contributed by atoms with E-state index in [1.54, 1.807) is 48.0 Å². The normalized spacial score (nSPS) is 16.0. The first-order valence-corrected chi connectivity index (χ1v) is 11.0. The first-order valence-electron chi connectivity index (χ1n) is 11.0. The predicted molar refractivity (Wildman–Crippen MR) is 122 cm³/mol. The van der Waals surface area contributed by atoms with Gasteiger partial charge in [-0.25, -0.2) is 4.98 Å². The Morgan fingerprint density at radius 1 is 1.09 bits per heavy atom. The number of nitrogens with zero attached hydrogens (tertiary/aromatic N) is 6. The minimum absolute atomic E-state index is 0.145. The molecule has 4 heterocycles. The number of benzene rings is 1. The summed E-state index contributed by atoms with van der Waals surface area (Å²) in [6, 6.07) is 9.59. The first-order chi connectivity index (χ1) is 16.6. The number of fused-ring (bicyclic) bond motifs is 2. The van der Waals surface area contributed by atoms with Gasteiger partial charge in [0.1, 0.15) is 0 Å². The van der Waals surface area contributed by atoms with Crippen molar-refractivity contribution in [2.45, 2.75) is 25.6 Å². The molecule has 182 valence electrons. The summed E-state index contributed by atoms with van der Waals surface area (Å²) in [4.78, 5) is 19.5. The second-order valence-electron chi connectivity index (χ2n) is 8.56. The molecule has 1 aromatic carbocycles. The topological polar surface area (TPSA) is 78.1 Å². The number of amides is 1. The number of halogens is 3. The Labute approximate surface area is 198 Å². The van der Waals surface area contributed by atoms with Crippen LogP contribution in [0.1, 0.15) is 40.3 Å². The van der Waals surface area contributed by atoms with Crippen LogP contribution in [-0.2, 0) is 26.7 Å². The van der Waals surface area contributed by atoms with Crippen LogP contribution in [0, 0.1) is 0 Å². The van der Waals surface area contributed by atoms with Crippen LogP contribution < -0.4 is 4.74 Å². The maximum Gasteiger partial charge on any atom is 0.435 e. The highest BCUT2D eigenvalue weighted by molar-refractivity contribution is 5.98. The molecule has 0 fully saturated rings. The number of ether oxygens (including phenoxy) is 1. The largest absolute Gasteiger partial charge is 0.481 e. The molecule has 0 bridgehead atoms. The fourth-order valence-electron chi connectivity index (χ4n) is 4.69. The lowest BCUT2D eigenvalue weighted by Crippen LogP contribution is -2.38. The van der Waals surface area contributed by atoms with E-state index in [-0.39, 0.29) is 11.9 Å². The Hall–Kier alpha value is -3.89. The van der Waals surface area contributed by atoms with E-state index in [0.717, 1.165) is 22.5 Å². The van der Waals surface area contributed by atoms with Gasteiger partial charge in [-0.1, -0.05) is 0 Å². The molecule has 11 heteroatoms. The minimum Gasteiger partial charge on any atom is -0.481 e. The van der Waals surface area contributed by atoms with Crippen molar-refractivity contribution in [3.8, 4) is 17.3 Å². The molecule has 0 spiro atoms. The summed E-state index contributed by atoms with van der Waals surface area (Å²) >= 11 is 0. The van der Waals surface area contributed by atoms with Gasteiger partial charge < -0.3 is 9.64 Å². The van der Waals surface area contributed by atoms with Crippen LogP contribution in [0.15, 0.2) is 36.4 Å². The van der Waals surface area contributed by atoms with Crippen LogP contribution in [0.3, 0.4) is 0 Å². The molecule has 4 aromatic rings. The summed E-state index contributed by atoms with van der Waals surface area (Å²) in [7, 11) is 4.72. The number of carbonyl (C=O) groups excluding carboxylic acids is 1. The summed E-state index contributed by atoms with van der Waals surface area (Å²) in [5, 5.41) is 9.05. The number of hydrogen-bond donors (Lipinski definition) is 0. The summed E-state index contributed by atoms with van der Waals surface area (Å²) in [5.41, 5.74) is 2.71. The predicted octanol–water partition coefficient (Wildman–Crippen LogP) is 4.16. The Balaban J connectivity index is 1.47. The molecule has 8 nitrogen and oxygen atoms in total. The van der Waals surface area contributed by atoms with Gasteiger partial charge in [-0.2, -0.15) is 23.4 Å². The Morgan fingerprint density at radius 2 is 1.86 bits per heavy atom. The molecule has 35 heavy (non-hydrogen) atoms. The number of methoxy groups -OCH3 is 1. The number of hydrogen-bond acceptors (Lipinski definition) is 5. The molecule has 0 radical (unpaired) electrons. The van der Waals surface area contributed by atoms with Crippen molar-refractivity contribution < 1.29 is 22.7 Å². The van der Waals surface area contributed by atoms with E-state index in [4.69, 9.17) is 4.74 Å². The van der Waals surface area contributed by atoms with Crippen molar-refractivity contribution in [3.05, 3.63) is 58.9 Å². The zero-order valence-electron chi connectivity index (χ0n) is 19.6. The molecule has 0 N–H and O–H groups in total. The Kier molecular flexibility index (Phi) is 5.30. The van der Waals surface area contributed by atoms with E-state index in [1.165, 1.54) is 11.7 Å². The number of alkyl halides is 3. The zero-order valence-corrected chi connectivity index (χ0v) is 19.6. The molecule has 3 aromatic heterocycles. The van der Waals surface area contributed by atoms with Gasteiger partial charge in [-0.05, 0) is 43.7 Å². The van der Waals surface area contributed by atoms with Crippen molar-refractivity contribution in [2.75, 3.05) is 13.7 Å². The Bertz CT molecular complexity index is 1460. The number of carbonyl (C=O) groups is 1. The number of aryl methyl sites for hydroxylation is 2. The van der Waals surface area contributed by atoms with Gasteiger partial charge in [-0.15, -0.1) is 0 Å². The van der Waals surface area contributed by atoms with Crippen molar-refractivity contribution in [2.24, 2.45) is 14.1 Å². The van der Waals surface area contributed by atoms with Crippen molar-refractivity contribution >= 4 is 16.8 Å². The van der Waals surface area contributed by atoms with E-state index >= 15 is 0 Å². The third-order valence-electron chi connectivity index (χ3n) is 6.44. The average Bonchev–Trinajstić information content (AvgIpc) is 3.37. The van der Waals surface area contributed by atoms with Crippen LogP contribution in [0.4, 0.5) is 13.2 Å². The van der Waals surface area contributed by atoms with E-state index in [2.05, 4.69) is 15.2 Å². The van der Waals surface area contributed by atoms with Crippen molar-refractivity contribution in [3.63, 3.8) is 0 Å². The molecular weight excluding hydrogens is 461 g/mol. The van der Waals surface area contributed by atoms with Crippen LogP contribution in [0.2, 0.25) is 0 Å². The van der Waals surface area contributed by atoms with Crippen molar-refractivity contribution in [1.29, 1.82) is 0 Å². The molecule has 1 aliphatic rings. The van der Waals surface area contributed by atoms with Crippen LogP contribution in [-0.4, -0.2) is 49.0 Å². The lowest BCUT2D eigenvalue weighted by Gasteiger charge is -2.33. The average molecular weight is 484 g/mol. The van der Waals surface area contributed by atoms with Gasteiger partial charge in [0, 0.05) is 43.2 Å². The molecule has 0 saturated heterocycles. The van der Waals surface area contributed by atoms with Gasteiger partial charge in [0.25, 0.3) is 5.91 Å². The molecule has 1 atom stereocenters. The fraction of sp³-hybridized carbons (Fsp3) is 0.333. The Morgan fingerprint density at radius 3 is 2.54 bits per heavy atom. The second-order valence-corrected chi connectivity index (χ2v) is 8.56. The molecular formula is C24H23F3N6O2. The molecule has 0 saturated carbocycles. The zero-order chi connectivity index (χ0) is 25.1. The van der Waals surface area contributed by atoms with Crippen LogP contribution in [0.5, 0.6) is 5.88 Å². The second kappa shape index (κ2) is 8.10. The highest BCUT2D eigenvalue weighted by Crippen LogP contribution is 2.38. The van der Waals surface area contributed by atoms with Gasteiger partial charge in [0.2, 0.25) is 5.88 Å². The summed E-state index contributed by atoms with van der Waals surface area (Å²) < 4.78 is 47.6. The monoisotopic (exact) mass is 484 g/mol. The van der Waals surface area contributed by atoms with Crippen LogP contribution >= 0.6 is 0 Å². The van der Waals surface area contributed by atoms with E-state index in [9.17, 15) is 18.0 Å². The lowest BCUT2D eigenvalue weighted by atomic mass is 9.96. The van der Waals surface area contributed by atoms with Crippen molar-refractivity contribution in [1.82, 2.24) is 29.4 Å². The van der Waals surface area contributed by atoms with E-state index in [0.29, 0.717) is 41.5 Å². The van der Waals surface area contributed by atoms with Gasteiger partial charge >= 0.3 is 6.18 Å². The third-order valence-corrected chi connectivity index (χ3v) is 6.44. The van der Waals surface area contributed by atoms with Gasteiger partial charge in [-0.3, -0.25) is 14.2 Å².